The maximum absolute atomic E-state index is 13.1. The number of carbonyl (C=O) groups is 1. The summed E-state index contributed by atoms with van der Waals surface area (Å²) in [6, 6.07) is 14.1. The van der Waals surface area contributed by atoms with Crippen molar-refractivity contribution in [1.82, 2.24) is 0 Å². The van der Waals surface area contributed by atoms with Crippen LogP contribution in [0.3, 0.4) is 0 Å². The van der Waals surface area contributed by atoms with E-state index in [-0.39, 0.29) is 12.1 Å². The van der Waals surface area contributed by atoms with E-state index in [0.29, 0.717) is 0 Å². The molecule has 2 rings (SSSR count). The van der Waals surface area contributed by atoms with Crippen molar-refractivity contribution in [3.05, 3.63) is 48.0 Å². The molecule has 0 aliphatic carbocycles. The van der Waals surface area contributed by atoms with E-state index < -0.39 is 5.60 Å². The van der Waals surface area contributed by atoms with Crippen LogP contribution in [0.15, 0.2) is 42.5 Å². The van der Waals surface area contributed by atoms with E-state index in [1.54, 1.807) is 7.11 Å². The zero-order chi connectivity index (χ0) is 23.9. The molecule has 0 aliphatic rings. The van der Waals surface area contributed by atoms with Gasteiger partial charge in [0, 0.05) is 12.7 Å². The Morgan fingerprint density at radius 3 is 1.97 bits per heavy atom. The summed E-state index contributed by atoms with van der Waals surface area (Å²) in [5.41, 5.74) is -0.267. The third-order valence-electron chi connectivity index (χ3n) is 6.87. The van der Waals surface area contributed by atoms with Crippen molar-refractivity contribution in [3.8, 4) is 0 Å². The Bertz CT molecular complexity index is 810. The molecular weight excluding hydrogens is 408 g/mol. The molecule has 0 heterocycles. The maximum Gasteiger partial charge on any atom is 0.343 e. The van der Waals surface area contributed by atoms with E-state index in [9.17, 15) is 4.79 Å². The SMILES string of the molecule is CCCCCCCCCCCCCCC(C)OC(=O)C(C)(OC)c1cccc2ccccc12. The minimum absolute atomic E-state index is 0.106. The van der Waals surface area contributed by atoms with Gasteiger partial charge >= 0.3 is 5.97 Å². The highest BCUT2D eigenvalue weighted by Crippen LogP contribution is 2.33. The molecule has 0 saturated heterocycles. The fraction of sp³-hybridized carbons (Fsp3) is 0.633. The number of hydrogen-bond donors (Lipinski definition) is 0. The smallest absolute Gasteiger partial charge is 0.343 e. The lowest BCUT2D eigenvalue weighted by atomic mass is 9.90. The first-order valence-corrected chi connectivity index (χ1v) is 13.3. The molecule has 3 heteroatoms. The Kier molecular flexibility index (Phi) is 12.5. The lowest BCUT2D eigenvalue weighted by Gasteiger charge is -2.29. The molecule has 0 aromatic heterocycles. The Balaban J connectivity index is 1.69. The highest BCUT2D eigenvalue weighted by atomic mass is 16.6. The molecule has 0 spiro atoms. The number of esters is 1. The summed E-state index contributed by atoms with van der Waals surface area (Å²) in [6.45, 7) is 6.08. The minimum atomic E-state index is -1.12. The normalized spacial score (nSPS) is 14.2. The Hall–Kier alpha value is -1.87. The molecule has 0 fully saturated rings. The van der Waals surface area contributed by atoms with Crippen molar-refractivity contribution in [1.29, 1.82) is 0 Å². The predicted molar refractivity (Wildman–Crippen MR) is 140 cm³/mol. The molecule has 2 atom stereocenters. The van der Waals surface area contributed by atoms with E-state index >= 15 is 0 Å². The van der Waals surface area contributed by atoms with E-state index in [2.05, 4.69) is 19.1 Å². The van der Waals surface area contributed by atoms with Gasteiger partial charge in [0.2, 0.25) is 0 Å². The quantitative estimate of drug-likeness (QED) is 0.177. The average molecular weight is 455 g/mol. The Labute approximate surface area is 202 Å². The van der Waals surface area contributed by atoms with Gasteiger partial charge in [-0.3, -0.25) is 0 Å². The maximum atomic E-state index is 13.1. The fourth-order valence-electron chi connectivity index (χ4n) is 4.57. The van der Waals surface area contributed by atoms with Gasteiger partial charge in [0.1, 0.15) is 0 Å². The number of fused-ring (bicyclic) bond motifs is 1. The van der Waals surface area contributed by atoms with Crippen LogP contribution in [0.4, 0.5) is 0 Å². The van der Waals surface area contributed by atoms with Gasteiger partial charge in [-0.25, -0.2) is 4.79 Å². The summed E-state index contributed by atoms with van der Waals surface area (Å²) < 4.78 is 11.6. The van der Waals surface area contributed by atoms with Crippen LogP contribution >= 0.6 is 0 Å². The number of unbranched alkanes of at least 4 members (excludes halogenated alkanes) is 11. The van der Waals surface area contributed by atoms with Crippen LogP contribution in [-0.4, -0.2) is 19.2 Å². The Morgan fingerprint density at radius 1 is 0.818 bits per heavy atom. The van der Waals surface area contributed by atoms with Crippen molar-refractivity contribution in [2.24, 2.45) is 0 Å². The highest BCUT2D eigenvalue weighted by Gasteiger charge is 2.39. The third kappa shape index (κ3) is 8.77. The molecule has 0 amide bonds. The van der Waals surface area contributed by atoms with Crippen molar-refractivity contribution in [2.45, 2.75) is 116 Å². The number of benzene rings is 2. The topological polar surface area (TPSA) is 35.5 Å². The van der Waals surface area contributed by atoms with Crippen molar-refractivity contribution in [3.63, 3.8) is 0 Å². The lowest BCUT2D eigenvalue weighted by molar-refractivity contribution is -0.173. The molecule has 33 heavy (non-hydrogen) atoms. The van der Waals surface area contributed by atoms with Gasteiger partial charge in [0.15, 0.2) is 5.60 Å². The standard InChI is InChI=1S/C30H46O3/c1-5-6-7-8-9-10-11-12-13-14-15-16-20-25(2)33-29(31)30(3,32-4)28-24-19-22-26-21-17-18-23-27(26)28/h17-19,21-25H,5-16,20H2,1-4H3. The van der Waals surface area contributed by atoms with Crippen LogP contribution in [-0.2, 0) is 19.9 Å². The van der Waals surface area contributed by atoms with Gasteiger partial charge in [0.25, 0.3) is 0 Å². The minimum Gasteiger partial charge on any atom is -0.460 e. The first-order chi connectivity index (χ1) is 16.0. The Morgan fingerprint density at radius 2 is 1.36 bits per heavy atom. The van der Waals surface area contributed by atoms with Gasteiger partial charge in [-0.15, -0.1) is 0 Å². The molecular formula is C30H46O3. The van der Waals surface area contributed by atoms with E-state index in [1.807, 2.05) is 44.2 Å². The van der Waals surface area contributed by atoms with Crippen molar-refractivity contribution < 1.29 is 14.3 Å². The summed E-state index contributed by atoms with van der Waals surface area (Å²) in [7, 11) is 1.58. The molecule has 2 unspecified atom stereocenters. The summed E-state index contributed by atoms with van der Waals surface area (Å²) in [5.74, 6) is -0.312. The first-order valence-electron chi connectivity index (χ1n) is 13.3. The van der Waals surface area contributed by atoms with Gasteiger partial charge in [-0.2, -0.15) is 0 Å². The molecule has 184 valence electrons. The van der Waals surface area contributed by atoms with Gasteiger partial charge in [-0.1, -0.05) is 120 Å². The van der Waals surface area contributed by atoms with Crippen LogP contribution in [0.1, 0.15) is 110 Å². The van der Waals surface area contributed by atoms with E-state index in [1.165, 1.54) is 70.6 Å². The van der Waals surface area contributed by atoms with Crippen LogP contribution in [0.2, 0.25) is 0 Å². The van der Waals surface area contributed by atoms with Gasteiger partial charge in [0.05, 0.1) is 6.10 Å². The average Bonchev–Trinajstić information content (AvgIpc) is 2.83. The molecule has 0 bridgehead atoms. The van der Waals surface area contributed by atoms with Crippen LogP contribution in [0.5, 0.6) is 0 Å². The zero-order valence-corrected chi connectivity index (χ0v) is 21.5. The molecule has 0 N–H and O–H groups in total. The molecule has 2 aromatic rings. The zero-order valence-electron chi connectivity index (χ0n) is 21.5. The van der Waals surface area contributed by atoms with Crippen LogP contribution < -0.4 is 0 Å². The molecule has 0 radical (unpaired) electrons. The van der Waals surface area contributed by atoms with Crippen molar-refractivity contribution in [2.75, 3.05) is 7.11 Å². The van der Waals surface area contributed by atoms with Crippen LogP contribution in [0, 0.1) is 0 Å². The fourth-order valence-corrected chi connectivity index (χ4v) is 4.57. The monoisotopic (exact) mass is 454 g/mol. The number of carbonyl (C=O) groups excluding carboxylic acids is 1. The van der Waals surface area contributed by atoms with Gasteiger partial charge < -0.3 is 9.47 Å². The molecule has 0 saturated carbocycles. The summed E-state index contributed by atoms with van der Waals surface area (Å²) >= 11 is 0. The van der Waals surface area contributed by atoms with E-state index in [0.717, 1.165) is 29.2 Å². The third-order valence-corrected chi connectivity index (χ3v) is 6.87. The second-order valence-electron chi connectivity index (χ2n) is 9.66. The molecule has 0 aliphatic heterocycles. The summed E-state index contributed by atoms with van der Waals surface area (Å²) in [4.78, 5) is 13.1. The second-order valence-corrected chi connectivity index (χ2v) is 9.66. The first kappa shape index (κ1) is 27.4. The lowest BCUT2D eigenvalue weighted by Crippen LogP contribution is -2.38. The summed E-state index contributed by atoms with van der Waals surface area (Å²) in [5, 5.41) is 2.12. The molecule has 2 aromatic carbocycles. The number of rotatable bonds is 17. The van der Waals surface area contributed by atoms with Crippen LogP contribution in [0.25, 0.3) is 10.8 Å². The van der Waals surface area contributed by atoms with Gasteiger partial charge in [-0.05, 0) is 37.5 Å². The number of hydrogen-bond acceptors (Lipinski definition) is 3. The number of ether oxygens (including phenoxy) is 2. The number of methoxy groups -OCH3 is 1. The largest absolute Gasteiger partial charge is 0.460 e. The summed E-state index contributed by atoms with van der Waals surface area (Å²) in [6.07, 6.45) is 16.8. The van der Waals surface area contributed by atoms with Crippen molar-refractivity contribution >= 4 is 16.7 Å². The predicted octanol–water partition coefficient (Wildman–Crippen LogP) is 8.72. The second kappa shape index (κ2) is 15.1. The highest BCUT2D eigenvalue weighted by molar-refractivity contribution is 5.92. The van der Waals surface area contributed by atoms with E-state index in [4.69, 9.17) is 9.47 Å². The molecule has 3 nitrogen and oxygen atoms in total.